The summed E-state index contributed by atoms with van der Waals surface area (Å²) in [6, 6.07) is 7.36. The molecule has 14 heavy (non-hydrogen) atoms. The molecule has 0 saturated heterocycles. The second-order valence-corrected chi connectivity index (χ2v) is 3.22. The molecule has 0 radical (unpaired) electrons. The van der Waals surface area contributed by atoms with Gasteiger partial charge in [-0.3, -0.25) is 5.41 Å². The number of nitrogen functional groups attached to an aromatic ring is 1. The lowest BCUT2D eigenvalue weighted by molar-refractivity contribution is 1.31. The Morgan fingerprint density at radius 1 is 1.50 bits per heavy atom. The standard InChI is InChI=1S/C11H12N2S/c12-11(13)10-6-3-5-9(8-10)4-1-2-7-14/h3,5-6,8,14H,2,7H2,(H3,12,13). The Morgan fingerprint density at radius 2 is 2.29 bits per heavy atom. The number of nitrogens with two attached hydrogens (primary N) is 1. The molecule has 72 valence electrons. The van der Waals surface area contributed by atoms with Gasteiger partial charge in [0.15, 0.2) is 0 Å². The van der Waals surface area contributed by atoms with Gasteiger partial charge in [0, 0.05) is 23.3 Å². The van der Waals surface area contributed by atoms with E-state index in [-0.39, 0.29) is 5.84 Å². The highest BCUT2D eigenvalue weighted by Crippen LogP contribution is 2.02. The van der Waals surface area contributed by atoms with Crippen LogP contribution in [0.4, 0.5) is 0 Å². The molecular weight excluding hydrogens is 192 g/mol. The number of amidine groups is 1. The minimum Gasteiger partial charge on any atom is -0.384 e. The molecule has 0 fully saturated rings. The molecule has 1 rings (SSSR count). The molecule has 1 aromatic carbocycles. The van der Waals surface area contributed by atoms with Gasteiger partial charge in [0.2, 0.25) is 0 Å². The Bertz CT molecular complexity index is 388. The Morgan fingerprint density at radius 3 is 2.93 bits per heavy atom. The van der Waals surface area contributed by atoms with Crippen LogP contribution in [0.3, 0.4) is 0 Å². The van der Waals surface area contributed by atoms with E-state index in [4.69, 9.17) is 11.1 Å². The summed E-state index contributed by atoms with van der Waals surface area (Å²) in [5.74, 6) is 6.80. The third kappa shape index (κ3) is 3.15. The van der Waals surface area contributed by atoms with Crippen molar-refractivity contribution in [3.05, 3.63) is 35.4 Å². The monoisotopic (exact) mass is 204 g/mol. The molecule has 0 heterocycles. The van der Waals surface area contributed by atoms with Crippen LogP contribution >= 0.6 is 12.6 Å². The van der Waals surface area contributed by atoms with Crippen molar-refractivity contribution < 1.29 is 0 Å². The highest BCUT2D eigenvalue weighted by molar-refractivity contribution is 7.80. The Hall–Kier alpha value is -1.40. The van der Waals surface area contributed by atoms with Crippen molar-refractivity contribution in [2.24, 2.45) is 5.73 Å². The molecule has 0 bridgehead atoms. The van der Waals surface area contributed by atoms with Crippen molar-refractivity contribution in [1.82, 2.24) is 0 Å². The van der Waals surface area contributed by atoms with Crippen LogP contribution in [-0.4, -0.2) is 11.6 Å². The van der Waals surface area contributed by atoms with Crippen molar-refractivity contribution >= 4 is 18.5 Å². The number of hydrogen-bond acceptors (Lipinski definition) is 2. The first kappa shape index (κ1) is 10.7. The van der Waals surface area contributed by atoms with E-state index in [1.807, 2.05) is 18.2 Å². The molecule has 2 nitrogen and oxygen atoms in total. The molecular formula is C11H12N2S. The Balaban J connectivity index is 2.85. The first-order valence-electron chi connectivity index (χ1n) is 4.28. The molecule has 0 aliphatic carbocycles. The lowest BCUT2D eigenvalue weighted by Crippen LogP contribution is -2.10. The van der Waals surface area contributed by atoms with Gasteiger partial charge in [-0.25, -0.2) is 0 Å². The van der Waals surface area contributed by atoms with Crippen LogP contribution in [0.15, 0.2) is 24.3 Å². The lowest BCUT2D eigenvalue weighted by atomic mass is 10.1. The maximum atomic E-state index is 7.26. The maximum Gasteiger partial charge on any atom is 0.122 e. The second kappa shape index (κ2) is 5.36. The fraction of sp³-hybridized carbons (Fsp3) is 0.182. The fourth-order valence-electron chi connectivity index (χ4n) is 0.985. The van der Waals surface area contributed by atoms with Gasteiger partial charge in [-0.1, -0.05) is 24.0 Å². The first-order valence-corrected chi connectivity index (χ1v) is 4.91. The summed E-state index contributed by atoms with van der Waals surface area (Å²) in [7, 11) is 0. The van der Waals surface area contributed by atoms with Gasteiger partial charge >= 0.3 is 0 Å². The molecule has 3 heteroatoms. The zero-order valence-corrected chi connectivity index (χ0v) is 8.64. The summed E-state index contributed by atoms with van der Waals surface area (Å²) in [6.07, 6.45) is 0.771. The summed E-state index contributed by atoms with van der Waals surface area (Å²) in [5.41, 5.74) is 6.96. The van der Waals surface area contributed by atoms with Crippen LogP contribution in [0.1, 0.15) is 17.5 Å². The fourth-order valence-corrected chi connectivity index (χ4v) is 1.10. The summed E-state index contributed by atoms with van der Waals surface area (Å²) in [4.78, 5) is 0. The number of thiol groups is 1. The van der Waals surface area contributed by atoms with E-state index in [1.54, 1.807) is 6.07 Å². The predicted molar refractivity (Wildman–Crippen MR) is 62.8 cm³/mol. The van der Waals surface area contributed by atoms with E-state index in [0.29, 0.717) is 5.56 Å². The van der Waals surface area contributed by atoms with E-state index in [0.717, 1.165) is 17.7 Å². The SMILES string of the molecule is N=C(N)c1cccc(C#CCCS)c1. The number of benzene rings is 1. The van der Waals surface area contributed by atoms with Crippen LogP contribution in [0.5, 0.6) is 0 Å². The number of hydrogen-bond donors (Lipinski definition) is 3. The van der Waals surface area contributed by atoms with Crippen LogP contribution in [0, 0.1) is 17.3 Å². The number of rotatable bonds is 2. The zero-order chi connectivity index (χ0) is 10.4. The Kier molecular flexibility index (Phi) is 4.09. The maximum absolute atomic E-state index is 7.26. The van der Waals surface area contributed by atoms with E-state index in [2.05, 4.69) is 24.5 Å². The van der Waals surface area contributed by atoms with Crippen molar-refractivity contribution in [2.75, 3.05) is 5.75 Å². The molecule has 0 atom stereocenters. The third-order valence-electron chi connectivity index (χ3n) is 1.64. The predicted octanol–water partition coefficient (Wildman–Crippen LogP) is 1.64. The van der Waals surface area contributed by atoms with E-state index < -0.39 is 0 Å². The summed E-state index contributed by atoms with van der Waals surface area (Å²) < 4.78 is 0. The van der Waals surface area contributed by atoms with Crippen LogP contribution in [-0.2, 0) is 0 Å². The molecule has 0 spiro atoms. The molecule has 0 aliphatic heterocycles. The van der Waals surface area contributed by atoms with Gasteiger partial charge < -0.3 is 5.73 Å². The highest BCUT2D eigenvalue weighted by atomic mass is 32.1. The van der Waals surface area contributed by atoms with Crippen LogP contribution < -0.4 is 5.73 Å². The summed E-state index contributed by atoms with van der Waals surface area (Å²) in [5, 5.41) is 7.26. The van der Waals surface area contributed by atoms with E-state index in [1.165, 1.54) is 0 Å². The topological polar surface area (TPSA) is 49.9 Å². The van der Waals surface area contributed by atoms with Gasteiger partial charge in [0.25, 0.3) is 0 Å². The number of nitrogens with one attached hydrogen (secondary N) is 1. The van der Waals surface area contributed by atoms with Crippen molar-refractivity contribution in [1.29, 1.82) is 5.41 Å². The molecule has 0 saturated carbocycles. The van der Waals surface area contributed by atoms with Crippen LogP contribution in [0.2, 0.25) is 0 Å². The van der Waals surface area contributed by atoms with Crippen molar-refractivity contribution in [2.45, 2.75) is 6.42 Å². The summed E-state index contributed by atoms with van der Waals surface area (Å²) >= 11 is 4.06. The van der Waals surface area contributed by atoms with Crippen molar-refractivity contribution in [3.63, 3.8) is 0 Å². The molecule has 0 unspecified atom stereocenters. The average Bonchev–Trinajstić information content (AvgIpc) is 2.19. The largest absolute Gasteiger partial charge is 0.384 e. The van der Waals surface area contributed by atoms with Gasteiger partial charge in [-0.05, 0) is 12.1 Å². The van der Waals surface area contributed by atoms with Gasteiger partial charge in [0.1, 0.15) is 5.84 Å². The smallest absolute Gasteiger partial charge is 0.122 e. The normalized spacial score (nSPS) is 8.93. The zero-order valence-electron chi connectivity index (χ0n) is 7.75. The molecule has 3 N–H and O–H groups in total. The summed E-state index contributed by atoms with van der Waals surface area (Å²) in [6.45, 7) is 0. The highest BCUT2D eigenvalue weighted by Gasteiger charge is 1.95. The molecule has 1 aromatic rings. The minimum atomic E-state index is 0.0721. The van der Waals surface area contributed by atoms with Gasteiger partial charge in [-0.2, -0.15) is 12.6 Å². The molecule has 0 aliphatic rings. The second-order valence-electron chi connectivity index (χ2n) is 2.77. The third-order valence-corrected chi connectivity index (χ3v) is 1.87. The Labute approximate surface area is 89.4 Å². The minimum absolute atomic E-state index is 0.0721. The lowest BCUT2D eigenvalue weighted by Gasteiger charge is -1.97. The van der Waals surface area contributed by atoms with Gasteiger partial charge in [-0.15, -0.1) is 0 Å². The van der Waals surface area contributed by atoms with Gasteiger partial charge in [0.05, 0.1) is 0 Å². The molecule has 0 aromatic heterocycles. The first-order chi connectivity index (χ1) is 6.74. The quantitative estimate of drug-likeness (QED) is 0.292. The average molecular weight is 204 g/mol. The molecule has 0 amide bonds. The van der Waals surface area contributed by atoms with Crippen molar-refractivity contribution in [3.8, 4) is 11.8 Å². The van der Waals surface area contributed by atoms with E-state index in [9.17, 15) is 0 Å². The van der Waals surface area contributed by atoms with E-state index >= 15 is 0 Å². The van der Waals surface area contributed by atoms with Crippen LogP contribution in [0.25, 0.3) is 0 Å².